The van der Waals surface area contributed by atoms with Crippen LogP contribution in [0.4, 0.5) is 5.13 Å². The Balaban J connectivity index is 1.86. The van der Waals surface area contributed by atoms with Gasteiger partial charge >= 0.3 is 0 Å². The van der Waals surface area contributed by atoms with E-state index in [-0.39, 0.29) is 17.9 Å². The molecule has 0 spiro atoms. The number of amides is 1. The largest absolute Gasteiger partial charge is 0.497 e. The van der Waals surface area contributed by atoms with Crippen LogP contribution >= 0.6 is 23.1 Å². The van der Waals surface area contributed by atoms with Crippen LogP contribution < -0.4 is 15.4 Å². The summed E-state index contributed by atoms with van der Waals surface area (Å²) in [4.78, 5) is 12.4. The van der Waals surface area contributed by atoms with E-state index in [1.807, 2.05) is 24.3 Å². The molecule has 0 saturated carbocycles. The van der Waals surface area contributed by atoms with E-state index >= 15 is 0 Å². The Hall–Kier alpha value is -1.84. The van der Waals surface area contributed by atoms with Crippen LogP contribution in [0.2, 0.25) is 0 Å². The van der Waals surface area contributed by atoms with Gasteiger partial charge in [-0.3, -0.25) is 4.79 Å². The predicted molar refractivity (Wildman–Crippen MR) is 110 cm³/mol. The fraction of sp³-hybridized carbons (Fsp3) is 0.500. The van der Waals surface area contributed by atoms with Crippen molar-refractivity contribution in [2.75, 3.05) is 38.4 Å². The standard InChI is InChI=1S/C18H26N4O3S2/c1-12(2)16(13-5-7-14(25-4)8-6-13)20-15(23)11-26-18-22-21-17(27-18)19-9-10-24-3/h5-8,12,16H,9-11H2,1-4H3,(H,19,21)(H,20,23). The van der Waals surface area contributed by atoms with Crippen LogP contribution in [0, 0.1) is 5.92 Å². The van der Waals surface area contributed by atoms with Crippen LogP contribution in [-0.2, 0) is 9.53 Å². The highest BCUT2D eigenvalue weighted by molar-refractivity contribution is 8.01. The molecule has 9 heteroatoms. The Morgan fingerprint density at radius 3 is 2.59 bits per heavy atom. The van der Waals surface area contributed by atoms with Crippen LogP contribution in [0.3, 0.4) is 0 Å². The molecule has 0 fully saturated rings. The number of rotatable bonds is 11. The van der Waals surface area contributed by atoms with Gasteiger partial charge in [0.15, 0.2) is 4.34 Å². The van der Waals surface area contributed by atoms with Crippen LogP contribution in [0.1, 0.15) is 25.5 Å². The molecule has 0 bridgehead atoms. The van der Waals surface area contributed by atoms with Crippen LogP contribution in [0.25, 0.3) is 0 Å². The maximum atomic E-state index is 12.4. The number of hydrogen-bond donors (Lipinski definition) is 2. The number of methoxy groups -OCH3 is 2. The molecular formula is C18H26N4O3S2. The molecule has 1 atom stereocenters. The van der Waals surface area contributed by atoms with E-state index in [4.69, 9.17) is 9.47 Å². The third kappa shape index (κ3) is 7.00. The van der Waals surface area contributed by atoms with Crippen molar-refractivity contribution in [2.24, 2.45) is 5.92 Å². The molecule has 0 aliphatic heterocycles. The SMILES string of the molecule is COCCNc1nnc(SCC(=O)NC(c2ccc(OC)cc2)C(C)C)s1. The number of benzene rings is 1. The molecule has 0 aliphatic carbocycles. The summed E-state index contributed by atoms with van der Waals surface area (Å²) in [6, 6.07) is 7.74. The number of anilines is 1. The van der Waals surface area contributed by atoms with Gasteiger partial charge in [-0.25, -0.2) is 0 Å². The maximum Gasteiger partial charge on any atom is 0.230 e. The minimum atomic E-state index is -0.0512. The third-order valence-corrected chi connectivity index (χ3v) is 5.79. The van der Waals surface area contributed by atoms with Crippen LogP contribution in [0.15, 0.2) is 28.6 Å². The van der Waals surface area contributed by atoms with Gasteiger partial charge < -0.3 is 20.1 Å². The number of nitrogens with one attached hydrogen (secondary N) is 2. The first-order valence-electron chi connectivity index (χ1n) is 8.66. The Labute approximate surface area is 168 Å². The lowest BCUT2D eigenvalue weighted by molar-refractivity contribution is -0.119. The molecular weight excluding hydrogens is 384 g/mol. The number of aromatic nitrogens is 2. The summed E-state index contributed by atoms with van der Waals surface area (Å²) in [7, 11) is 3.29. The Bertz CT molecular complexity index is 707. The van der Waals surface area contributed by atoms with Crippen molar-refractivity contribution in [1.82, 2.24) is 15.5 Å². The summed E-state index contributed by atoms with van der Waals surface area (Å²) in [5.74, 6) is 1.34. The molecule has 27 heavy (non-hydrogen) atoms. The Kier molecular flexibility index (Phi) is 8.83. The number of carbonyl (C=O) groups excluding carboxylic acids is 1. The Morgan fingerprint density at radius 2 is 1.96 bits per heavy atom. The zero-order chi connectivity index (χ0) is 19.6. The molecule has 1 unspecified atom stereocenters. The van der Waals surface area contributed by atoms with Crippen molar-refractivity contribution in [3.8, 4) is 5.75 Å². The first-order chi connectivity index (χ1) is 13.0. The minimum Gasteiger partial charge on any atom is -0.497 e. The molecule has 1 amide bonds. The molecule has 1 aromatic carbocycles. The zero-order valence-electron chi connectivity index (χ0n) is 16.0. The van der Waals surface area contributed by atoms with E-state index < -0.39 is 0 Å². The van der Waals surface area contributed by atoms with E-state index in [0.717, 1.165) is 20.8 Å². The first kappa shape index (κ1) is 21.5. The van der Waals surface area contributed by atoms with Crippen LogP contribution in [0.5, 0.6) is 5.75 Å². The van der Waals surface area contributed by atoms with Gasteiger partial charge in [0.2, 0.25) is 11.0 Å². The van der Waals surface area contributed by atoms with Crippen molar-refractivity contribution in [1.29, 1.82) is 0 Å². The van der Waals surface area contributed by atoms with E-state index in [0.29, 0.717) is 18.9 Å². The number of ether oxygens (including phenoxy) is 2. The first-order valence-corrected chi connectivity index (χ1v) is 10.5. The predicted octanol–water partition coefficient (Wildman–Crippen LogP) is 3.21. The molecule has 0 saturated heterocycles. The average Bonchev–Trinajstić information content (AvgIpc) is 3.12. The van der Waals surface area contributed by atoms with E-state index in [9.17, 15) is 4.79 Å². The van der Waals surface area contributed by atoms with Crippen molar-refractivity contribution < 1.29 is 14.3 Å². The van der Waals surface area contributed by atoms with Gasteiger partial charge in [-0.1, -0.05) is 49.1 Å². The molecule has 148 valence electrons. The van der Waals surface area contributed by atoms with Gasteiger partial charge in [-0.05, 0) is 23.6 Å². The number of nitrogens with zero attached hydrogens (tertiary/aromatic N) is 2. The second-order valence-corrected chi connectivity index (χ2v) is 8.34. The van der Waals surface area contributed by atoms with Crippen molar-refractivity contribution in [2.45, 2.75) is 24.2 Å². The maximum absolute atomic E-state index is 12.4. The molecule has 2 aromatic rings. The summed E-state index contributed by atoms with van der Waals surface area (Å²) < 4.78 is 10.9. The van der Waals surface area contributed by atoms with Crippen molar-refractivity contribution >= 4 is 34.1 Å². The van der Waals surface area contributed by atoms with E-state index in [1.54, 1.807) is 14.2 Å². The second-order valence-electron chi connectivity index (χ2n) is 6.14. The Morgan fingerprint density at radius 1 is 1.22 bits per heavy atom. The van der Waals surface area contributed by atoms with Crippen molar-refractivity contribution in [3.63, 3.8) is 0 Å². The lowest BCUT2D eigenvalue weighted by Gasteiger charge is -2.23. The number of thioether (sulfide) groups is 1. The van der Waals surface area contributed by atoms with Gasteiger partial charge in [-0.2, -0.15) is 0 Å². The van der Waals surface area contributed by atoms with Crippen molar-refractivity contribution in [3.05, 3.63) is 29.8 Å². The number of hydrogen-bond acceptors (Lipinski definition) is 8. The normalized spacial score (nSPS) is 12.0. The molecule has 7 nitrogen and oxygen atoms in total. The quantitative estimate of drug-likeness (QED) is 0.434. The van der Waals surface area contributed by atoms with Gasteiger partial charge in [0.25, 0.3) is 0 Å². The highest BCUT2D eigenvalue weighted by Gasteiger charge is 2.19. The topological polar surface area (TPSA) is 85.4 Å². The molecule has 1 heterocycles. The summed E-state index contributed by atoms with van der Waals surface area (Å²) in [6.45, 7) is 5.46. The molecule has 0 radical (unpaired) electrons. The van der Waals surface area contributed by atoms with Gasteiger partial charge in [0.1, 0.15) is 5.75 Å². The third-order valence-electron chi connectivity index (χ3n) is 3.77. The fourth-order valence-corrected chi connectivity index (χ4v) is 3.98. The molecule has 2 rings (SSSR count). The lowest BCUT2D eigenvalue weighted by atomic mass is 9.96. The fourth-order valence-electron chi connectivity index (χ4n) is 2.39. The van der Waals surface area contributed by atoms with E-state index in [2.05, 4.69) is 34.7 Å². The number of carbonyl (C=O) groups is 1. The smallest absolute Gasteiger partial charge is 0.230 e. The monoisotopic (exact) mass is 410 g/mol. The minimum absolute atomic E-state index is 0.0291. The summed E-state index contributed by atoms with van der Waals surface area (Å²) in [5.41, 5.74) is 1.06. The van der Waals surface area contributed by atoms with Gasteiger partial charge in [0, 0.05) is 13.7 Å². The average molecular weight is 411 g/mol. The summed E-state index contributed by atoms with van der Waals surface area (Å²) in [5, 5.41) is 15.1. The van der Waals surface area contributed by atoms with E-state index in [1.165, 1.54) is 23.1 Å². The van der Waals surface area contributed by atoms with Gasteiger partial charge in [0.05, 0.1) is 25.5 Å². The highest BCUT2D eigenvalue weighted by atomic mass is 32.2. The molecule has 0 aliphatic rings. The van der Waals surface area contributed by atoms with Gasteiger partial charge in [-0.15, -0.1) is 10.2 Å². The molecule has 1 aromatic heterocycles. The highest BCUT2D eigenvalue weighted by Crippen LogP contribution is 2.27. The summed E-state index contributed by atoms with van der Waals surface area (Å²) in [6.07, 6.45) is 0. The zero-order valence-corrected chi connectivity index (χ0v) is 17.7. The molecule has 2 N–H and O–H groups in total. The second kappa shape index (κ2) is 11.1. The lowest BCUT2D eigenvalue weighted by Crippen LogP contribution is -2.32. The summed E-state index contributed by atoms with van der Waals surface area (Å²) >= 11 is 2.82. The van der Waals surface area contributed by atoms with Crippen LogP contribution in [-0.4, -0.2) is 49.2 Å².